The molecule has 5 nitrogen and oxygen atoms in total. The summed E-state index contributed by atoms with van der Waals surface area (Å²) in [5.74, 6) is -0.958. The second-order valence-corrected chi connectivity index (χ2v) is 6.39. The van der Waals surface area contributed by atoms with Crippen LogP contribution in [0.25, 0.3) is 0 Å². The van der Waals surface area contributed by atoms with E-state index in [9.17, 15) is 9.59 Å². The van der Waals surface area contributed by atoms with Gasteiger partial charge in [0.05, 0.1) is 11.3 Å². The predicted molar refractivity (Wildman–Crippen MR) is 79.9 cm³/mol. The number of fused-ring (bicyclic) bond motifs is 1. The number of hydrogen-bond donors (Lipinski definition) is 1. The van der Waals surface area contributed by atoms with Crippen molar-refractivity contribution in [3.8, 4) is 0 Å². The van der Waals surface area contributed by atoms with Gasteiger partial charge in [-0.3, -0.25) is 4.90 Å². The van der Waals surface area contributed by atoms with Crippen LogP contribution in [0.1, 0.15) is 50.0 Å². The summed E-state index contributed by atoms with van der Waals surface area (Å²) in [5.41, 5.74) is 1.30. The number of hydrogen-bond acceptors (Lipinski definition) is 3. The molecule has 21 heavy (non-hydrogen) atoms. The van der Waals surface area contributed by atoms with Crippen molar-refractivity contribution < 1.29 is 19.4 Å². The molecule has 5 heteroatoms. The Morgan fingerprint density at radius 2 is 2.00 bits per heavy atom. The second kappa shape index (κ2) is 5.39. The van der Waals surface area contributed by atoms with Crippen LogP contribution in [-0.2, 0) is 11.2 Å². The summed E-state index contributed by atoms with van der Waals surface area (Å²) in [6, 6.07) is 4.89. The lowest BCUT2D eigenvalue weighted by Gasteiger charge is -2.36. The average molecular weight is 291 g/mol. The van der Waals surface area contributed by atoms with Crippen LogP contribution in [0.2, 0.25) is 0 Å². The number of carboxylic acid groups (broad SMARTS) is 1. The summed E-state index contributed by atoms with van der Waals surface area (Å²) in [5, 5.41) is 9.06. The Balaban J connectivity index is 2.36. The normalized spacial score (nSPS) is 18.1. The first-order valence-corrected chi connectivity index (χ1v) is 7.07. The van der Waals surface area contributed by atoms with Gasteiger partial charge in [0, 0.05) is 6.04 Å². The first-order valence-electron chi connectivity index (χ1n) is 7.07. The lowest BCUT2D eigenvalue weighted by molar-refractivity contribution is 0.0563. The number of carboxylic acids is 1. The van der Waals surface area contributed by atoms with Crippen LogP contribution in [0.3, 0.4) is 0 Å². The van der Waals surface area contributed by atoms with Crippen molar-refractivity contribution in [1.82, 2.24) is 0 Å². The highest BCUT2D eigenvalue weighted by molar-refractivity contribution is 5.93. The monoisotopic (exact) mass is 291 g/mol. The zero-order chi connectivity index (χ0) is 15.8. The van der Waals surface area contributed by atoms with Gasteiger partial charge in [-0.15, -0.1) is 0 Å². The smallest absolute Gasteiger partial charge is 0.415 e. The molecule has 0 aliphatic carbocycles. The highest BCUT2D eigenvalue weighted by atomic mass is 16.6. The van der Waals surface area contributed by atoms with Crippen LogP contribution in [0.4, 0.5) is 10.5 Å². The molecule has 0 aromatic heterocycles. The molecule has 1 heterocycles. The molecule has 0 saturated carbocycles. The number of carbonyl (C=O) groups is 2. The van der Waals surface area contributed by atoms with E-state index in [1.165, 1.54) is 6.07 Å². The molecule has 1 N–H and O–H groups in total. The summed E-state index contributed by atoms with van der Waals surface area (Å²) >= 11 is 0. The zero-order valence-electron chi connectivity index (χ0n) is 12.8. The second-order valence-electron chi connectivity index (χ2n) is 6.39. The molecule has 1 amide bonds. The molecule has 0 bridgehead atoms. The third-order valence-corrected chi connectivity index (χ3v) is 3.45. The lowest BCUT2D eigenvalue weighted by Crippen LogP contribution is -2.45. The van der Waals surface area contributed by atoms with Crippen LogP contribution in [0, 0.1) is 0 Å². The van der Waals surface area contributed by atoms with Gasteiger partial charge in [-0.1, -0.05) is 0 Å². The standard InChI is InChI=1S/C16H21NO4/c1-10-5-6-11-9-12(14(18)19)7-8-13(11)17(10)15(20)21-16(2,3)4/h7-10H,5-6H2,1-4H3,(H,18,19). The van der Waals surface area contributed by atoms with Gasteiger partial charge in [0.1, 0.15) is 5.60 Å². The maximum atomic E-state index is 12.4. The first kappa shape index (κ1) is 15.4. The highest BCUT2D eigenvalue weighted by Crippen LogP contribution is 2.32. The molecule has 0 radical (unpaired) electrons. The van der Waals surface area contributed by atoms with E-state index in [0.29, 0.717) is 0 Å². The fraction of sp³-hybridized carbons (Fsp3) is 0.500. The number of amides is 1. The molecule has 0 spiro atoms. The molecule has 2 rings (SSSR count). The van der Waals surface area contributed by atoms with Crippen LogP contribution in [0.5, 0.6) is 0 Å². The van der Waals surface area contributed by atoms with E-state index in [1.807, 2.05) is 27.7 Å². The number of benzene rings is 1. The summed E-state index contributed by atoms with van der Waals surface area (Å²) < 4.78 is 5.45. The van der Waals surface area contributed by atoms with E-state index in [1.54, 1.807) is 17.0 Å². The van der Waals surface area contributed by atoms with Gasteiger partial charge in [0.25, 0.3) is 0 Å². The maximum absolute atomic E-state index is 12.4. The van der Waals surface area contributed by atoms with E-state index in [2.05, 4.69) is 0 Å². The molecule has 1 aliphatic rings. The van der Waals surface area contributed by atoms with Crippen molar-refractivity contribution in [3.05, 3.63) is 29.3 Å². The minimum atomic E-state index is -0.958. The number of aromatic carboxylic acids is 1. The van der Waals surface area contributed by atoms with Crippen molar-refractivity contribution >= 4 is 17.7 Å². The topological polar surface area (TPSA) is 66.8 Å². The first-order chi connectivity index (χ1) is 9.69. The fourth-order valence-corrected chi connectivity index (χ4v) is 2.47. The molecule has 1 atom stereocenters. The molecule has 0 fully saturated rings. The molecule has 0 saturated heterocycles. The van der Waals surface area contributed by atoms with Gasteiger partial charge < -0.3 is 9.84 Å². The third kappa shape index (κ3) is 3.35. The lowest BCUT2D eigenvalue weighted by atomic mass is 9.95. The zero-order valence-corrected chi connectivity index (χ0v) is 12.8. The van der Waals surface area contributed by atoms with E-state index in [0.717, 1.165) is 24.1 Å². The Morgan fingerprint density at radius 3 is 2.57 bits per heavy atom. The Morgan fingerprint density at radius 1 is 1.33 bits per heavy atom. The van der Waals surface area contributed by atoms with Crippen molar-refractivity contribution in [2.45, 2.75) is 52.2 Å². The molecule has 1 aliphatic heterocycles. The Bertz CT molecular complexity index is 574. The number of anilines is 1. The van der Waals surface area contributed by atoms with E-state index in [-0.39, 0.29) is 17.7 Å². The summed E-state index contributed by atoms with van der Waals surface area (Å²) in [7, 11) is 0. The van der Waals surface area contributed by atoms with Crippen LogP contribution < -0.4 is 4.90 Å². The number of ether oxygens (including phenoxy) is 1. The fourth-order valence-electron chi connectivity index (χ4n) is 2.47. The van der Waals surface area contributed by atoms with Crippen molar-refractivity contribution in [2.75, 3.05) is 4.90 Å². The summed E-state index contributed by atoms with van der Waals surface area (Å²) in [6.45, 7) is 7.45. The van der Waals surface area contributed by atoms with Crippen molar-refractivity contribution in [3.63, 3.8) is 0 Å². The SMILES string of the molecule is CC1CCc2cc(C(=O)O)ccc2N1C(=O)OC(C)(C)C. The van der Waals surface area contributed by atoms with Gasteiger partial charge in [0.15, 0.2) is 0 Å². The maximum Gasteiger partial charge on any atom is 0.415 e. The number of carbonyl (C=O) groups excluding carboxylic acids is 1. The summed E-state index contributed by atoms with van der Waals surface area (Å²) in [4.78, 5) is 25.1. The van der Waals surface area contributed by atoms with Gasteiger partial charge in [-0.2, -0.15) is 0 Å². The predicted octanol–water partition coefficient (Wildman–Crippen LogP) is 3.46. The Labute approximate surface area is 124 Å². The minimum absolute atomic E-state index is 0.0306. The van der Waals surface area contributed by atoms with Crippen LogP contribution in [-0.4, -0.2) is 28.8 Å². The quantitative estimate of drug-likeness (QED) is 0.860. The van der Waals surface area contributed by atoms with Crippen LogP contribution in [0.15, 0.2) is 18.2 Å². The molecule has 1 aromatic carbocycles. The van der Waals surface area contributed by atoms with E-state index in [4.69, 9.17) is 9.84 Å². The highest BCUT2D eigenvalue weighted by Gasteiger charge is 2.32. The molecule has 1 aromatic rings. The van der Waals surface area contributed by atoms with Crippen molar-refractivity contribution in [1.29, 1.82) is 0 Å². The average Bonchev–Trinajstić information content (AvgIpc) is 2.35. The Kier molecular flexibility index (Phi) is 3.94. The van der Waals surface area contributed by atoms with E-state index >= 15 is 0 Å². The molecule has 114 valence electrons. The third-order valence-electron chi connectivity index (χ3n) is 3.45. The number of aryl methyl sites for hydroxylation is 1. The van der Waals surface area contributed by atoms with E-state index < -0.39 is 11.6 Å². The van der Waals surface area contributed by atoms with Gasteiger partial charge in [0.2, 0.25) is 0 Å². The molecule has 1 unspecified atom stereocenters. The largest absolute Gasteiger partial charge is 0.478 e. The van der Waals surface area contributed by atoms with Crippen LogP contribution >= 0.6 is 0 Å². The van der Waals surface area contributed by atoms with Gasteiger partial charge in [-0.05, 0) is 64.3 Å². The number of rotatable bonds is 1. The molecular weight excluding hydrogens is 270 g/mol. The minimum Gasteiger partial charge on any atom is -0.478 e. The van der Waals surface area contributed by atoms with Crippen molar-refractivity contribution in [2.24, 2.45) is 0 Å². The Hall–Kier alpha value is -2.04. The number of nitrogens with zero attached hydrogens (tertiary/aromatic N) is 1. The van der Waals surface area contributed by atoms with Gasteiger partial charge in [-0.25, -0.2) is 9.59 Å². The molecular formula is C16H21NO4. The van der Waals surface area contributed by atoms with Gasteiger partial charge >= 0.3 is 12.1 Å². The summed E-state index contributed by atoms with van der Waals surface area (Å²) in [6.07, 6.45) is 1.16.